The predicted octanol–water partition coefficient (Wildman–Crippen LogP) is 3.48. The molecule has 30 heavy (non-hydrogen) atoms. The number of methoxy groups -OCH3 is 1. The van der Waals surface area contributed by atoms with Gasteiger partial charge in [-0.2, -0.15) is 8.42 Å². The van der Waals surface area contributed by atoms with Crippen molar-refractivity contribution in [3.05, 3.63) is 84.1 Å². The molecular formula is C21H20FNO6S. The van der Waals surface area contributed by atoms with E-state index in [1.165, 1.54) is 30.4 Å². The summed E-state index contributed by atoms with van der Waals surface area (Å²) in [5.41, 5.74) is 0.651. The molecule has 0 fully saturated rings. The fourth-order valence-electron chi connectivity index (χ4n) is 2.70. The summed E-state index contributed by atoms with van der Waals surface area (Å²) < 4.78 is 53.3. The van der Waals surface area contributed by atoms with E-state index in [1.54, 1.807) is 24.3 Å². The second-order valence-corrected chi connectivity index (χ2v) is 7.88. The van der Waals surface area contributed by atoms with Crippen molar-refractivity contribution in [2.45, 2.75) is 11.4 Å². The van der Waals surface area contributed by atoms with Gasteiger partial charge in [-0.05, 0) is 54.1 Å². The number of benzene rings is 2. The summed E-state index contributed by atoms with van der Waals surface area (Å²) in [4.78, 5) is 14.0. The van der Waals surface area contributed by atoms with Gasteiger partial charge in [0.25, 0.3) is 5.91 Å². The van der Waals surface area contributed by atoms with Crippen LogP contribution < -0.4 is 4.18 Å². The van der Waals surface area contributed by atoms with E-state index in [0.29, 0.717) is 18.7 Å². The van der Waals surface area contributed by atoms with Gasteiger partial charge in [0, 0.05) is 20.2 Å². The lowest BCUT2D eigenvalue weighted by molar-refractivity contribution is 0.0649. The lowest BCUT2D eigenvalue weighted by Gasteiger charge is -2.21. The zero-order chi connectivity index (χ0) is 21.6. The first-order valence-electron chi connectivity index (χ1n) is 9.00. The number of carbonyl (C=O) groups excluding carboxylic acids is 1. The van der Waals surface area contributed by atoms with E-state index in [-0.39, 0.29) is 28.9 Å². The first-order valence-corrected chi connectivity index (χ1v) is 10.4. The summed E-state index contributed by atoms with van der Waals surface area (Å²) >= 11 is 0. The number of hydrogen-bond acceptors (Lipinski definition) is 6. The zero-order valence-electron chi connectivity index (χ0n) is 16.2. The van der Waals surface area contributed by atoms with Crippen molar-refractivity contribution < 1.29 is 30.9 Å². The Morgan fingerprint density at radius 2 is 1.87 bits per heavy atom. The van der Waals surface area contributed by atoms with Gasteiger partial charge < -0.3 is 18.2 Å². The lowest BCUT2D eigenvalue weighted by Crippen LogP contribution is -2.33. The maximum Gasteiger partial charge on any atom is 0.339 e. The van der Waals surface area contributed by atoms with Crippen LogP contribution in [0.2, 0.25) is 0 Å². The van der Waals surface area contributed by atoms with Crippen LogP contribution in [0.15, 0.2) is 76.2 Å². The number of halogens is 1. The SMILES string of the molecule is COCCN(Cc1cccc(OS(=O)(=O)c2ccc(F)cc2)c1)C(=O)c1ccco1. The summed E-state index contributed by atoms with van der Waals surface area (Å²) in [6, 6.07) is 13.9. The molecule has 1 heterocycles. The van der Waals surface area contributed by atoms with Gasteiger partial charge in [0.15, 0.2) is 5.76 Å². The molecule has 0 aliphatic heterocycles. The summed E-state index contributed by atoms with van der Waals surface area (Å²) in [6.07, 6.45) is 1.41. The first-order chi connectivity index (χ1) is 14.4. The molecule has 0 radical (unpaired) electrons. The molecule has 0 N–H and O–H groups in total. The molecule has 0 bridgehead atoms. The number of furan rings is 1. The number of nitrogens with zero attached hydrogens (tertiary/aromatic N) is 1. The fraction of sp³-hybridized carbons (Fsp3) is 0.190. The molecule has 3 rings (SSSR count). The zero-order valence-corrected chi connectivity index (χ0v) is 17.0. The van der Waals surface area contributed by atoms with Crippen LogP contribution in [0.25, 0.3) is 0 Å². The third kappa shape index (κ3) is 5.46. The van der Waals surface area contributed by atoms with Crippen molar-refractivity contribution in [1.82, 2.24) is 4.90 Å². The van der Waals surface area contributed by atoms with E-state index in [0.717, 1.165) is 24.3 Å². The van der Waals surface area contributed by atoms with Gasteiger partial charge in [0.1, 0.15) is 16.5 Å². The summed E-state index contributed by atoms with van der Waals surface area (Å²) in [5, 5.41) is 0. The number of rotatable bonds is 9. The maximum absolute atomic E-state index is 13.0. The Labute approximate surface area is 173 Å². The molecule has 2 aromatic carbocycles. The third-order valence-corrected chi connectivity index (χ3v) is 5.43. The monoisotopic (exact) mass is 433 g/mol. The van der Waals surface area contributed by atoms with Gasteiger partial charge in [-0.25, -0.2) is 4.39 Å². The van der Waals surface area contributed by atoms with Crippen molar-refractivity contribution in [3.63, 3.8) is 0 Å². The number of hydrogen-bond donors (Lipinski definition) is 0. The molecule has 158 valence electrons. The summed E-state index contributed by atoms with van der Waals surface area (Å²) in [6.45, 7) is 0.827. The van der Waals surface area contributed by atoms with Crippen molar-refractivity contribution in [2.24, 2.45) is 0 Å². The van der Waals surface area contributed by atoms with Gasteiger partial charge in [0.05, 0.1) is 12.9 Å². The molecule has 0 unspecified atom stereocenters. The van der Waals surface area contributed by atoms with Crippen LogP contribution in [0.5, 0.6) is 5.75 Å². The minimum atomic E-state index is -4.12. The molecule has 1 amide bonds. The summed E-state index contributed by atoms with van der Waals surface area (Å²) in [5.74, 6) is -0.595. The molecule has 0 spiro atoms. The minimum Gasteiger partial charge on any atom is -0.459 e. The van der Waals surface area contributed by atoms with Crippen LogP contribution in [0.4, 0.5) is 4.39 Å². The molecule has 7 nitrogen and oxygen atoms in total. The third-order valence-electron chi connectivity index (χ3n) is 4.16. The fourth-order valence-corrected chi connectivity index (χ4v) is 3.62. The molecule has 1 aromatic heterocycles. The average molecular weight is 433 g/mol. The van der Waals surface area contributed by atoms with Gasteiger partial charge >= 0.3 is 10.1 Å². The van der Waals surface area contributed by atoms with Crippen LogP contribution in [0.3, 0.4) is 0 Å². The Hall–Kier alpha value is -3.17. The standard InChI is InChI=1S/C21H20FNO6S/c1-27-13-11-23(21(24)20-6-3-12-28-20)15-16-4-2-5-18(14-16)29-30(25,26)19-9-7-17(22)8-10-19/h2-10,12,14H,11,13,15H2,1H3. The van der Waals surface area contributed by atoms with Gasteiger partial charge in [-0.15, -0.1) is 0 Å². The molecular weight excluding hydrogens is 413 g/mol. The van der Waals surface area contributed by atoms with Gasteiger partial charge in [-0.3, -0.25) is 4.79 Å². The van der Waals surface area contributed by atoms with Crippen LogP contribution >= 0.6 is 0 Å². The van der Waals surface area contributed by atoms with E-state index in [4.69, 9.17) is 13.3 Å². The van der Waals surface area contributed by atoms with Gasteiger partial charge in [0.2, 0.25) is 0 Å². The largest absolute Gasteiger partial charge is 0.459 e. The molecule has 0 aliphatic rings. The minimum absolute atomic E-state index is 0.0777. The normalized spacial score (nSPS) is 11.3. The highest BCUT2D eigenvalue weighted by Gasteiger charge is 2.20. The van der Waals surface area contributed by atoms with Crippen molar-refractivity contribution in [2.75, 3.05) is 20.3 Å². The van der Waals surface area contributed by atoms with Crippen molar-refractivity contribution in [3.8, 4) is 5.75 Å². The number of amides is 1. The Kier molecular flexibility index (Phi) is 6.86. The van der Waals surface area contributed by atoms with Crippen LogP contribution in [-0.2, 0) is 21.4 Å². The highest BCUT2D eigenvalue weighted by Crippen LogP contribution is 2.21. The lowest BCUT2D eigenvalue weighted by atomic mass is 10.2. The molecule has 3 aromatic rings. The number of carbonyl (C=O) groups is 1. The highest BCUT2D eigenvalue weighted by molar-refractivity contribution is 7.87. The second kappa shape index (κ2) is 9.55. The molecule has 0 saturated heterocycles. The highest BCUT2D eigenvalue weighted by atomic mass is 32.2. The molecule has 9 heteroatoms. The first kappa shape index (κ1) is 21.5. The van der Waals surface area contributed by atoms with Crippen molar-refractivity contribution >= 4 is 16.0 Å². The Morgan fingerprint density at radius 3 is 2.53 bits per heavy atom. The van der Waals surface area contributed by atoms with E-state index in [1.807, 2.05) is 0 Å². The van der Waals surface area contributed by atoms with E-state index >= 15 is 0 Å². The van der Waals surface area contributed by atoms with Crippen LogP contribution in [0.1, 0.15) is 16.1 Å². The summed E-state index contributed by atoms with van der Waals surface area (Å²) in [7, 11) is -2.59. The maximum atomic E-state index is 13.0. The van der Waals surface area contributed by atoms with E-state index in [9.17, 15) is 17.6 Å². The smallest absolute Gasteiger partial charge is 0.339 e. The van der Waals surface area contributed by atoms with Crippen LogP contribution in [0, 0.1) is 5.82 Å². The van der Waals surface area contributed by atoms with E-state index < -0.39 is 15.9 Å². The quantitative estimate of drug-likeness (QED) is 0.481. The predicted molar refractivity (Wildman–Crippen MR) is 106 cm³/mol. The molecule has 0 saturated carbocycles. The van der Waals surface area contributed by atoms with Crippen LogP contribution in [-0.4, -0.2) is 39.5 Å². The Morgan fingerprint density at radius 1 is 1.10 bits per heavy atom. The van der Waals surface area contributed by atoms with Crippen molar-refractivity contribution in [1.29, 1.82) is 0 Å². The van der Waals surface area contributed by atoms with Gasteiger partial charge in [-0.1, -0.05) is 12.1 Å². The molecule has 0 aliphatic carbocycles. The van der Waals surface area contributed by atoms with E-state index in [2.05, 4.69) is 0 Å². The average Bonchev–Trinajstić information content (AvgIpc) is 3.26. The number of ether oxygens (including phenoxy) is 1. The Bertz CT molecular complexity index is 1080. The Balaban J connectivity index is 1.77. The topological polar surface area (TPSA) is 86.0 Å². The molecule has 0 atom stereocenters. The second-order valence-electron chi connectivity index (χ2n) is 6.34.